The monoisotopic (exact) mass is 193 g/mol. The maximum atomic E-state index is 5.19. The molecule has 0 aliphatic carbocycles. The summed E-state index contributed by atoms with van der Waals surface area (Å²) < 4.78 is 0. The first kappa shape index (κ1) is 9.67. The summed E-state index contributed by atoms with van der Waals surface area (Å²) >= 11 is 4.58. The molecule has 0 bridgehead atoms. The van der Waals surface area contributed by atoms with Crippen LogP contribution in [0, 0.1) is 6.92 Å². The molecule has 3 N–H and O–H groups in total. The van der Waals surface area contributed by atoms with E-state index in [1.165, 1.54) is 5.56 Å². The highest BCUT2D eigenvalue weighted by Gasteiger charge is 1.86. The van der Waals surface area contributed by atoms with E-state index >= 15 is 0 Å². The number of nitrogens with two attached hydrogens (primary N) is 1. The zero-order valence-corrected chi connectivity index (χ0v) is 8.14. The van der Waals surface area contributed by atoms with Gasteiger partial charge in [-0.3, -0.25) is 5.43 Å². The van der Waals surface area contributed by atoms with E-state index in [-0.39, 0.29) is 5.11 Å². The van der Waals surface area contributed by atoms with Gasteiger partial charge in [-0.1, -0.05) is 29.8 Å². The average molecular weight is 193 g/mol. The lowest BCUT2D eigenvalue weighted by molar-refractivity contribution is 1.04. The summed E-state index contributed by atoms with van der Waals surface area (Å²) in [6.45, 7) is 2.04. The Labute approximate surface area is 82.6 Å². The number of hydrogen-bond acceptors (Lipinski definition) is 2. The lowest BCUT2D eigenvalue weighted by Crippen LogP contribution is -2.23. The molecule has 0 saturated carbocycles. The molecule has 1 rings (SSSR count). The molecule has 0 aliphatic heterocycles. The second-order valence-corrected chi connectivity index (χ2v) is 3.08. The number of hydrogen-bond donors (Lipinski definition) is 2. The molecule has 0 aliphatic rings. The van der Waals surface area contributed by atoms with Gasteiger partial charge in [0.25, 0.3) is 0 Å². The Hall–Kier alpha value is -1.42. The molecular weight excluding hydrogens is 182 g/mol. The highest BCUT2D eigenvalue weighted by atomic mass is 32.1. The van der Waals surface area contributed by atoms with Crippen LogP contribution in [0.2, 0.25) is 0 Å². The molecule has 13 heavy (non-hydrogen) atoms. The highest BCUT2D eigenvalue weighted by Crippen LogP contribution is 1.99. The van der Waals surface area contributed by atoms with Crippen LogP contribution in [0.1, 0.15) is 11.1 Å². The van der Waals surface area contributed by atoms with Gasteiger partial charge in [-0.15, -0.1) is 0 Å². The van der Waals surface area contributed by atoms with Crippen LogP contribution in [0.3, 0.4) is 0 Å². The van der Waals surface area contributed by atoms with Crippen molar-refractivity contribution in [2.75, 3.05) is 0 Å². The van der Waals surface area contributed by atoms with Gasteiger partial charge >= 0.3 is 0 Å². The van der Waals surface area contributed by atoms with Gasteiger partial charge < -0.3 is 5.73 Å². The second kappa shape index (κ2) is 4.57. The summed E-state index contributed by atoms with van der Waals surface area (Å²) in [5.41, 5.74) is 9.90. The minimum atomic E-state index is 0.170. The van der Waals surface area contributed by atoms with Crippen LogP contribution in [0.15, 0.2) is 29.4 Å². The lowest BCUT2D eigenvalue weighted by Gasteiger charge is -1.95. The van der Waals surface area contributed by atoms with Crippen LogP contribution in [0.25, 0.3) is 0 Å². The normalized spacial score (nSPS) is 10.2. The Kier molecular flexibility index (Phi) is 3.40. The first-order chi connectivity index (χ1) is 6.18. The van der Waals surface area contributed by atoms with Crippen molar-refractivity contribution in [3.8, 4) is 0 Å². The summed E-state index contributed by atoms with van der Waals surface area (Å²) in [4.78, 5) is 0. The van der Waals surface area contributed by atoms with E-state index in [4.69, 9.17) is 5.73 Å². The van der Waals surface area contributed by atoms with E-state index in [1.54, 1.807) is 6.21 Å². The predicted octanol–water partition coefficient (Wildman–Crippen LogP) is 1.16. The van der Waals surface area contributed by atoms with Gasteiger partial charge in [0, 0.05) is 0 Å². The first-order valence-corrected chi connectivity index (χ1v) is 4.24. The quantitative estimate of drug-likeness (QED) is 0.421. The lowest BCUT2D eigenvalue weighted by atomic mass is 10.2. The van der Waals surface area contributed by atoms with Crippen LogP contribution >= 0.6 is 12.2 Å². The summed E-state index contributed by atoms with van der Waals surface area (Å²) in [6.07, 6.45) is 1.67. The Balaban J connectivity index is 2.59. The number of thiocarbonyl (C=S) groups is 1. The molecule has 0 fully saturated rings. The second-order valence-electron chi connectivity index (χ2n) is 2.64. The van der Waals surface area contributed by atoms with Crippen LogP contribution < -0.4 is 11.2 Å². The number of nitrogens with zero attached hydrogens (tertiary/aromatic N) is 1. The fraction of sp³-hybridized carbons (Fsp3) is 0.111. The van der Waals surface area contributed by atoms with Crippen molar-refractivity contribution in [1.82, 2.24) is 5.43 Å². The van der Waals surface area contributed by atoms with Crippen molar-refractivity contribution in [1.29, 1.82) is 0 Å². The molecule has 0 saturated heterocycles. The minimum absolute atomic E-state index is 0.170. The van der Waals surface area contributed by atoms with E-state index in [0.717, 1.165) is 5.56 Å². The molecule has 68 valence electrons. The molecule has 0 aromatic heterocycles. The zero-order valence-electron chi connectivity index (χ0n) is 7.32. The average Bonchev–Trinajstić information content (AvgIpc) is 2.08. The van der Waals surface area contributed by atoms with Crippen molar-refractivity contribution in [2.24, 2.45) is 10.8 Å². The van der Waals surface area contributed by atoms with E-state index in [1.807, 2.05) is 31.2 Å². The van der Waals surface area contributed by atoms with Gasteiger partial charge in [0.05, 0.1) is 6.21 Å². The van der Waals surface area contributed by atoms with Gasteiger partial charge in [-0.05, 0) is 24.7 Å². The van der Waals surface area contributed by atoms with E-state index in [2.05, 4.69) is 22.7 Å². The summed E-state index contributed by atoms with van der Waals surface area (Å²) in [5.74, 6) is 0. The third kappa shape index (κ3) is 3.66. The third-order valence-corrected chi connectivity index (χ3v) is 1.56. The molecular formula is C9H11N3S. The van der Waals surface area contributed by atoms with Crippen molar-refractivity contribution in [2.45, 2.75) is 6.92 Å². The highest BCUT2D eigenvalue weighted by molar-refractivity contribution is 7.80. The number of benzene rings is 1. The number of aryl methyl sites for hydroxylation is 1. The zero-order chi connectivity index (χ0) is 9.68. The number of hydrazone groups is 1. The first-order valence-electron chi connectivity index (χ1n) is 3.83. The van der Waals surface area contributed by atoms with Gasteiger partial charge in [0.2, 0.25) is 0 Å². The topological polar surface area (TPSA) is 50.4 Å². The molecule has 0 unspecified atom stereocenters. The molecule has 0 atom stereocenters. The third-order valence-electron chi connectivity index (χ3n) is 1.47. The predicted molar refractivity (Wildman–Crippen MR) is 58.7 cm³/mol. The van der Waals surface area contributed by atoms with Gasteiger partial charge in [0.15, 0.2) is 5.11 Å². The summed E-state index contributed by atoms with van der Waals surface area (Å²) in [5, 5.41) is 4.00. The molecule has 4 heteroatoms. The molecule has 3 nitrogen and oxygen atoms in total. The minimum Gasteiger partial charge on any atom is -0.375 e. The largest absolute Gasteiger partial charge is 0.375 e. The van der Waals surface area contributed by atoms with Gasteiger partial charge in [0.1, 0.15) is 0 Å². The van der Waals surface area contributed by atoms with Gasteiger partial charge in [-0.2, -0.15) is 5.10 Å². The maximum Gasteiger partial charge on any atom is 0.184 e. The Morgan fingerprint density at radius 3 is 2.62 bits per heavy atom. The van der Waals surface area contributed by atoms with Crippen LogP contribution in [0.4, 0.5) is 0 Å². The summed E-state index contributed by atoms with van der Waals surface area (Å²) in [6, 6.07) is 7.98. The molecule has 0 spiro atoms. The van der Waals surface area contributed by atoms with E-state index in [0.29, 0.717) is 0 Å². The fourth-order valence-electron chi connectivity index (χ4n) is 0.823. The van der Waals surface area contributed by atoms with Crippen LogP contribution in [-0.4, -0.2) is 11.3 Å². The molecule has 0 heterocycles. The SMILES string of the molecule is Cc1ccc(/C=N/NC(N)=S)cc1. The maximum absolute atomic E-state index is 5.19. The smallest absolute Gasteiger partial charge is 0.184 e. The Bertz CT molecular complexity index is 316. The number of nitrogens with one attached hydrogen (secondary N) is 1. The van der Waals surface area contributed by atoms with Crippen molar-refractivity contribution >= 4 is 23.5 Å². The van der Waals surface area contributed by atoms with E-state index in [9.17, 15) is 0 Å². The van der Waals surface area contributed by atoms with Crippen LogP contribution in [0.5, 0.6) is 0 Å². The molecule has 0 radical (unpaired) electrons. The molecule has 1 aromatic rings. The van der Waals surface area contributed by atoms with Crippen molar-refractivity contribution < 1.29 is 0 Å². The van der Waals surface area contributed by atoms with Crippen molar-refractivity contribution in [3.05, 3.63) is 35.4 Å². The Morgan fingerprint density at radius 1 is 1.46 bits per heavy atom. The van der Waals surface area contributed by atoms with E-state index < -0.39 is 0 Å². The molecule has 1 aromatic carbocycles. The fourth-order valence-corrected chi connectivity index (χ4v) is 0.876. The summed E-state index contributed by atoms with van der Waals surface area (Å²) in [7, 11) is 0. The molecule has 0 amide bonds. The van der Waals surface area contributed by atoms with Crippen LogP contribution in [-0.2, 0) is 0 Å². The Morgan fingerprint density at radius 2 is 2.08 bits per heavy atom. The van der Waals surface area contributed by atoms with Crippen molar-refractivity contribution in [3.63, 3.8) is 0 Å². The van der Waals surface area contributed by atoms with Gasteiger partial charge in [-0.25, -0.2) is 0 Å². The standard InChI is InChI=1S/C9H11N3S/c1-7-2-4-8(5-3-7)6-11-12-9(10)13/h2-6H,1H3,(H3,10,12,13)/b11-6+. The number of rotatable bonds is 2.